The summed E-state index contributed by atoms with van der Waals surface area (Å²) >= 11 is 0. The number of carbonyl (C=O) groups excluding carboxylic acids is 1. The number of aldehydes is 1. The van der Waals surface area contributed by atoms with E-state index in [0.29, 0.717) is 0 Å². The standard InChI is InChI=1S/C18H20O2/c1-15(14-19)17-9-5-4-8-16(17)10-13-18(20-2)11-6-3-7-12-18/h3-11,13-15H,12H2,1-2H3. The van der Waals surface area contributed by atoms with E-state index in [1.807, 2.05) is 49.4 Å². The average molecular weight is 268 g/mol. The molecule has 2 atom stereocenters. The summed E-state index contributed by atoms with van der Waals surface area (Å²) < 4.78 is 5.63. The number of methoxy groups -OCH3 is 1. The molecule has 2 nitrogen and oxygen atoms in total. The van der Waals surface area contributed by atoms with Gasteiger partial charge in [0, 0.05) is 19.4 Å². The van der Waals surface area contributed by atoms with Gasteiger partial charge < -0.3 is 9.53 Å². The summed E-state index contributed by atoms with van der Waals surface area (Å²) in [6.07, 6.45) is 14.1. The fourth-order valence-electron chi connectivity index (χ4n) is 2.34. The molecule has 0 spiro atoms. The molecule has 2 unspecified atom stereocenters. The molecule has 2 rings (SSSR count). The summed E-state index contributed by atoms with van der Waals surface area (Å²) in [6, 6.07) is 7.96. The molecule has 1 aromatic carbocycles. The molecule has 0 bridgehead atoms. The van der Waals surface area contributed by atoms with Crippen molar-refractivity contribution in [3.8, 4) is 0 Å². The molecular weight excluding hydrogens is 248 g/mol. The van der Waals surface area contributed by atoms with Gasteiger partial charge in [-0.1, -0.05) is 55.5 Å². The van der Waals surface area contributed by atoms with Gasteiger partial charge in [0.15, 0.2) is 0 Å². The topological polar surface area (TPSA) is 26.3 Å². The smallest absolute Gasteiger partial charge is 0.127 e. The summed E-state index contributed by atoms with van der Waals surface area (Å²) in [6.45, 7) is 1.91. The van der Waals surface area contributed by atoms with Crippen LogP contribution in [0.15, 0.2) is 54.6 Å². The maximum absolute atomic E-state index is 11.0. The number of ether oxygens (including phenoxy) is 1. The minimum atomic E-state index is -0.383. The molecule has 0 radical (unpaired) electrons. The first kappa shape index (κ1) is 14.5. The Morgan fingerprint density at radius 1 is 1.30 bits per heavy atom. The van der Waals surface area contributed by atoms with Crippen LogP contribution in [0.4, 0.5) is 0 Å². The van der Waals surface area contributed by atoms with E-state index in [1.165, 1.54) is 0 Å². The Bertz CT molecular complexity index is 554. The van der Waals surface area contributed by atoms with Crippen molar-refractivity contribution in [3.63, 3.8) is 0 Å². The molecule has 0 fully saturated rings. The van der Waals surface area contributed by atoms with Crippen molar-refractivity contribution in [1.29, 1.82) is 0 Å². The van der Waals surface area contributed by atoms with Gasteiger partial charge in [-0.3, -0.25) is 0 Å². The molecule has 20 heavy (non-hydrogen) atoms. The van der Waals surface area contributed by atoms with Crippen molar-refractivity contribution in [3.05, 3.63) is 65.8 Å². The number of rotatable bonds is 5. The maximum Gasteiger partial charge on any atom is 0.127 e. The molecule has 0 N–H and O–H groups in total. The first-order valence-corrected chi connectivity index (χ1v) is 6.84. The van der Waals surface area contributed by atoms with E-state index in [4.69, 9.17) is 4.74 Å². The van der Waals surface area contributed by atoms with Crippen molar-refractivity contribution >= 4 is 12.4 Å². The molecule has 0 heterocycles. The second-order valence-corrected chi connectivity index (χ2v) is 5.04. The Hall–Kier alpha value is -1.93. The monoisotopic (exact) mass is 268 g/mol. The normalized spacial score (nSPS) is 23.1. The van der Waals surface area contributed by atoms with Crippen LogP contribution < -0.4 is 0 Å². The molecule has 0 amide bonds. The van der Waals surface area contributed by atoms with Gasteiger partial charge >= 0.3 is 0 Å². The highest BCUT2D eigenvalue weighted by molar-refractivity contribution is 5.67. The molecule has 1 aromatic rings. The van der Waals surface area contributed by atoms with E-state index in [-0.39, 0.29) is 11.5 Å². The Kier molecular flexibility index (Phi) is 4.70. The van der Waals surface area contributed by atoms with Crippen molar-refractivity contribution in [1.82, 2.24) is 0 Å². The van der Waals surface area contributed by atoms with Crippen LogP contribution in [0.3, 0.4) is 0 Å². The Morgan fingerprint density at radius 3 is 2.75 bits per heavy atom. The molecule has 1 aliphatic rings. The molecule has 1 aliphatic carbocycles. The van der Waals surface area contributed by atoms with Crippen molar-refractivity contribution in [2.24, 2.45) is 0 Å². The third-order valence-electron chi connectivity index (χ3n) is 3.68. The Morgan fingerprint density at radius 2 is 2.10 bits per heavy atom. The largest absolute Gasteiger partial charge is 0.370 e. The SMILES string of the molecule is COC1(C=Cc2ccccc2C(C)C=O)C=CC=CC1. The van der Waals surface area contributed by atoms with Gasteiger partial charge in [0.1, 0.15) is 11.9 Å². The zero-order valence-electron chi connectivity index (χ0n) is 12.0. The van der Waals surface area contributed by atoms with Crippen LogP contribution in [0.5, 0.6) is 0 Å². The molecular formula is C18H20O2. The Balaban J connectivity index is 2.29. The van der Waals surface area contributed by atoms with Crippen LogP contribution in [0.1, 0.15) is 30.4 Å². The van der Waals surface area contributed by atoms with Gasteiger partial charge in [-0.15, -0.1) is 0 Å². The lowest BCUT2D eigenvalue weighted by Gasteiger charge is -2.26. The lowest BCUT2D eigenvalue weighted by atomic mass is 9.91. The van der Waals surface area contributed by atoms with Crippen LogP contribution in [-0.4, -0.2) is 19.0 Å². The number of benzene rings is 1. The second-order valence-electron chi connectivity index (χ2n) is 5.04. The van der Waals surface area contributed by atoms with Crippen LogP contribution in [0, 0.1) is 0 Å². The van der Waals surface area contributed by atoms with Crippen LogP contribution >= 0.6 is 0 Å². The fourth-order valence-corrected chi connectivity index (χ4v) is 2.34. The predicted octanol–water partition coefficient (Wildman–Crippen LogP) is 3.90. The summed E-state index contributed by atoms with van der Waals surface area (Å²) in [5.74, 6) is -0.101. The zero-order valence-corrected chi connectivity index (χ0v) is 12.0. The highest BCUT2D eigenvalue weighted by Crippen LogP contribution is 2.26. The minimum Gasteiger partial charge on any atom is -0.370 e. The summed E-state index contributed by atoms with van der Waals surface area (Å²) in [5.41, 5.74) is 1.72. The highest BCUT2D eigenvalue weighted by Gasteiger charge is 2.22. The predicted molar refractivity (Wildman–Crippen MR) is 82.6 cm³/mol. The molecule has 0 aromatic heterocycles. The van der Waals surface area contributed by atoms with Gasteiger partial charge in [-0.05, 0) is 23.3 Å². The van der Waals surface area contributed by atoms with Crippen LogP contribution in [0.25, 0.3) is 6.08 Å². The summed E-state index contributed by atoms with van der Waals surface area (Å²) in [4.78, 5) is 11.0. The molecule has 0 saturated heterocycles. The molecule has 104 valence electrons. The minimum absolute atomic E-state index is 0.101. The van der Waals surface area contributed by atoms with Gasteiger partial charge in [0.2, 0.25) is 0 Å². The first-order valence-electron chi connectivity index (χ1n) is 6.84. The lowest BCUT2D eigenvalue weighted by molar-refractivity contribution is -0.108. The number of hydrogen-bond donors (Lipinski definition) is 0. The third-order valence-corrected chi connectivity index (χ3v) is 3.68. The number of allylic oxidation sites excluding steroid dienone is 2. The highest BCUT2D eigenvalue weighted by atomic mass is 16.5. The van der Waals surface area contributed by atoms with Gasteiger partial charge in [0.25, 0.3) is 0 Å². The van der Waals surface area contributed by atoms with E-state index in [1.54, 1.807) is 7.11 Å². The molecule has 2 heteroatoms. The average Bonchev–Trinajstić information content (AvgIpc) is 2.53. The summed E-state index contributed by atoms with van der Waals surface area (Å²) in [7, 11) is 1.72. The zero-order chi connectivity index (χ0) is 14.4. The maximum atomic E-state index is 11.0. The van der Waals surface area contributed by atoms with Gasteiger partial charge in [-0.2, -0.15) is 0 Å². The summed E-state index contributed by atoms with van der Waals surface area (Å²) in [5, 5.41) is 0. The quantitative estimate of drug-likeness (QED) is 0.757. The van der Waals surface area contributed by atoms with E-state index in [2.05, 4.69) is 18.2 Å². The van der Waals surface area contributed by atoms with E-state index in [0.717, 1.165) is 23.8 Å². The van der Waals surface area contributed by atoms with Crippen LogP contribution in [0.2, 0.25) is 0 Å². The Labute approximate surface area is 120 Å². The molecule has 0 saturated carbocycles. The lowest BCUT2D eigenvalue weighted by Crippen LogP contribution is -2.26. The van der Waals surface area contributed by atoms with Crippen LogP contribution in [-0.2, 0) is 9.53 Å². The fraction of sp³-hybridized carbons (Fsp3) is 0.278. The van der Waals surface area contributed by atoms with E-state index < -0.39 is 0 Å². The number of hydrogen-bond acceptors (Lipinski definition) is 2. The first-order chi connectivity index (χ1) is 9.71. The van der Waals surface area contributed by atoms with Crippen molar-refractivity contribution < 1.29 is 9.53 Å². The van der Waals surface area contributed by atoms with Crippen molar-refractivity contribution in [2.75, 3.05) is 7.11 Å². The second kappa shape index (κ2) is 6.49. The van der Waals surface area contributed by atoms with E-state index in [9.17, 15) is 4.79 Å². The van der Waals surface area contributed by atoms with Gasteiger partial charge in [0.05, 0.1) is 0 Å². The third kappa shape index (κ3) is 3.14. The number of carbonyl (C=O) groups is 1. The van der Waals surface area contributed by atoms with Crippen molar-refractivity contribution in [2.45, 2.75) is 24.9 Å². The molecule has 0 aliphatic heterocycles. The van der Waals surface area contributed by atoms with Gasteiger partial charge in [-0.25, -0.2) is 0 Å². The van der Waals surface area contributed by atoms with E-state index >= 15 is 0 Å².